The Balaban J connectivity index is 1.76. The van der Waals surface area contributed by atoms with Crippen molar-refractivity contribution in [1.82, 2.24) is 15.3 Å². The average Bonchev–Trinajstić information content (AvgIpc) is 2.92. The molecule has 2 aromatic heterocycles. The predicted octanol–water partition coefficient (Wildman–Crippen LogP) is 2.75. The van der Waals surface area contributed by atoms with Crippen molar-refractivity contribution in [2.45, 2.75) is 13.5 Å². The molecule has 0 saturated heterocycles. The smallest absolute Gasteiger partial charge is 0.141 e. The highest BCUT2D eigenvalue weighted by Crippen LogP contribution is 2.30. The summed E-state index contributed by atoms with van der Waals surface area (Å²) in [7, 11) is 0. The quantitative estimate of drug-likeness (QED) is 0.612. The van der Waals surface area contributed by atoms with E-state index in [2.05, 4.69) is 15.3 Å². The standard InChI is InChI=1S/C17H19N3O2/c1-12-10-20-17-16(12)15(6-7-19-17)22-14-4-2-13(3-5-14)11-18-8-9-21/h2-7,10,18,21H,8-9,11H2,1H3,(H,19,20). The van der Waals surface area contributed by atoms with Crippen LogP contribution in [0.2, 0.25) is 0 Å². The van der Waals surface area contributed by atoms with Crippen LogP contribution in [0.25, 0.3) is 11.0 Å². The number of fused-ring (bicyclic) bond motifs is 1. The summed E-state index contributed by atoms with van der Waals surface area (Å²) in [6.07, 6.45) is 3.67. The second kappa shape index (κ2) is 6.60. The Hall–Kier alpha value is -2.37. The maximum atomic E-state index is 8.75. The summed E-state index contributed by atoms with van der Waals surface area (Å²) in [6.45, 7) is 3.51. The van der Waals surface area contributed by atoms with Gasteiger partial charge in [-0.25, -0.2) is 4.98 Å². The normalized spacial score (nSPS) is 11.0. The fourth-order valence-corrected chi connectivity index (χ4v) is 2.38. The Morgan fingerprint density at radius 1 is 1.23 bits per heavy atom. The third-order valence-corrected chi connectivity index (χ3v) is 3.50. The van der Waals surface area contributed by atoms with Gasteiger partial charge in [0, 0.05) is 25.5 Å². The first-order valence-electron chi connectivity index (χ1n) is 7.29. The Labute approximate surface area is 129 Å². The lowest BCUT2D eigenvalue weighted by Gasteiger charge is -2.09. The van der Waals surface area contributed by atoms with Gasteiger partial charge in [0.1, 0.15) is 17.1 Å². The van der Waals surface area contributed by atoms with Gasteiger partial charge in [-0.3, -0.25) is 0 Å². The summed E-state index contributed by atoms with van der Waals surface area (Å²) < 4.78 is 5.99. The van der Waals surface area contributed by atoms with E-state index in [4.69, 9.17) is 9.84 Å². The van der Waals surface area contributed by atoms with Crippen LogP contribution in [-0.4, -0.2) is 28.2 Å². The highest BCUT2D eigenvalue weighted by molar-refractivity contribution is 5.86. The average molecular weight is 297 g/mol. The van der Waals surface area contributed by atoms with E-state index in [1.54, 1.807) is 6.20 Å². The number of aryl methyl sites for hydroxylation is 1. The SMILES string of the molecule is Cc1c[nH]c2nccc(Oc3ccc(CNCCO)cc3)c12. The molecule has 5 heteroatoms. The molecule has 114 valence electrons. The Kier molecular flexibility index (Phi) is 4.37. The molecule has 1 aromatic carbocycles. The number of aliphatic hydroxyl groups is 1. The fraction of sp³-hybridized carbons (Fsp3) is 0.235. The molecule has 0 amide bonds. The predicted molar refractivity (Wildman–Crippen MR) is 86.1 cm³/mol. The van der Waals surface area contributed by atoms with Gasteiger partial charge in [0.15, 0.2) is 0 Å². The van der Waals surface area contributed by atoms with E-state index in [1.807, 2.05) is 43.5 Å². The highest BCUT2D eigenvalue weighted by Gasteiger charge is 2.08. The molecule has 5 nitrogen and oxygen atoms in total. The van der Waals surface area contributed by atoms with Gasteiger partial charge in [-0.05, 0) is 36.2 Å². The van der Waals surface area contributed by atoms with Crippen molar-refractivity contribution < 1.29 is 9.84 Å². The van der Waals surface area contributed by atoms with Crippen LogP contribution in [0.15, 0.2) is 42.7 Å². The third kappa shape index (κ3) is 3.10. The van der Waals surface area contributed by atoms with E-state index in [-0.39, 0.29) is 6.61 Å². The number of pyridine rings is 1. The van der Waals surface area contributed by atoms with Crippen LogP contribution in [0.1, 0.15) is 11.1 Å². The molecule has 0 aliphatic carbocycles. The number of aliphatic hydroxyl groups excluding tert-OH is 1. The maximum absolute atomic E-state index is 8.75. The number of nitrogens with zero attached hydrogens (tertiary/aromatic N) is 1. The molecule has 0 bridgehead atoms. The summed E-state index contributed by atoms with van der Waals surface area (Å²) in [5.41, 5.74) is 3.10. The molecule has 0 spiro atoms. The van der Waals surface area contributed by atoms with Crippen molar-refractivity contribution in [1.29, 1.82) is 0 Å². The number of aromatic amines is 1. The van der Waals surface area contributed by atoms with E-state index in [1.165, 1.54) is 0 Å². The van der Waals surface area contributed by atoms with Gasteiger partial charge in [0.2, 0.25) is 0 Å². The van der Waals surface area contributed by atoms with Gasteiger partial charge in [0.25, 0.3) is 0 Å². The summed E-state index contributed by atoms with van der Waals surface area (Å²) in [6, 6.07) is 9.80. The third-order valence-electron chi connectivity index (χ3n) is 3.50. The van der Waals surface area contributed by atoms with Gasteiger partial charge in [0.05, 0.1) is 12.0 Å². The zero-order valence-electron chi connectivity index (χ0n) is 12.5. The topological polar surface area (TPSA) is 70.2 Å². The van der Waals surface area contributed by atoms with Gasteiger partial charge in [-0.2, -0.15) is 0 Å². The van der Waals surface area contributed by atoms with Gasteiger partial charge in [-0.15, -0.1) is 0 Å². The minimum Gasteiger partial charge on any atom is -0.457 e. The Morgan fingerprint density at radius 3 is 2.82 bits per heavy atom. The fourth-order valence-electron chi connectivity index (χ4n) is 2.38. The van der Waals surface area contributed by atoms with Crippen LogP contribution in [-0.2, 0) is 6.54 Å². The van der Waals surface area contributed by atoms with E-state index >= 15 is 0 Å². The molecule has 0 fully saturated rings. The van der Waals surface area contributed by atoms with Crippen LogP contribution >= 0.6 is 0 Å². The van der Waals surface area contributed by atoms with Crippen molar-refractivity contribution in [3.63, 3.8) is 0 Å². The molecule has 0 saturated carbocycles. The molecular formula is C17H19N3O2. The molecule has 0 atom stereocenters. The van der Waals surface area contributed by atoms with Crippen LogP contribution in [0.3, 0.4) is 0 Å². The first kappa shape index (κ1) is 14.6. The molecule has 0 aliphatic rings. The van der Waals surface area contributed by atoms with Crippen molar-refractivity contribution >= 4 is 11.0 Å². The number of ether oxygens (including phenoxy) is 1. The molecule has 22 heavy (non-hydrogen) atoms. The Bertz CT molecular complexity index is 750. The van der Waals surface area contributed by atoms with Crippen molar-refractivity contribution in [2.75, 3.05) is 13.2 Å². The lowest BCUT2D eigenvalue weighted by Crippen LogP contribution is -2.17. The second-order valence-corrected chi connectivity index (χ2v) is 5.15. The number of benzene rings is 1. The summed E-state index contributed by atoms with van der Waals surface area (Å²) in [5, 5.41) is 12.9. The minimum absolute atomic E-state index is 0.148. The maximum Gasteiger partial charge on any atom is 0.141 e. The molecule has 3 aromatic rings. The number of nitrogens with one attached hydrogen (secondary N) is 2. The van der Waals surface area contributed by atoms with E-state index < -0.39 is 0 Å². The molecule has 0 aliphatic heterocycles. The first-order valence-corrected chi connectivity index (χ1v) is 7.29. The monoisotopic (exact) mass is 297 g/mol. The molecule has 3 N–H and O–H groups in total. The Morgan fingerprint density at radius 2 is 2.05 bits per heavy atom. The summed E-state index contributed by atoms with van der Waals surface area (Å²) in [5.74, 6) is 1.59. The second-order valence-electron chi connectivity index (χ2n) is 5.15. The lowest BCUT2D eigenvalue weighted by molar-refractivity contribution is 0.292. The van der Waals surface area contributed by atoms with E-state index in [0.29, 0.717) is 6.54 Å². The lowest BCUT2D eigenvalue weighted by atomic mass is 10.2. The van der Waals surface area contributed by atoms with Crippen molar-refractivity contribution in [2.24, 2.45) is 0 Å². The molecular weight excluding hydrogens is 278 g/mol. The van der Waals surface area contributed by atoms with Crippen molar-refractivity contribution in [3.05, 3.63) is 53.9 Å². The van der Waals surface area contributed by atoms with Crippen LogP contribution < -0.4 is 10.1 Å². The number of aromatic nitrogens is 2. The van der Waals surface area contributed by atoms with Gasteiger partial charge < -0.3 is 20.1 Å². The largest absolute Gasteiger partial charge is 0.457 e. The highest BCUT2D eigenvalue weighted by atomic mass is 16.5. The molecule has 2 heterocycles. The number of hydrogen-bond donors (Lipinski definition) is 3. The molecule has 3 rings (SSSR count). The number of rotatable bonds is 6. The van der Waals surface area contributed by atoms with Crippen molar-refractivity contribution in [3.8, 4) is 11.5 Å². The van der Waals surface area contributed by atoms with Crippen LogP contribution in [0, 0.1) is 6.92 Å². The molecule has 0 radical (unpaired) electrons. The van der Waals surface area contributed by atoms with Crippen LogP contribution in [0.5, 0.6) is 11.5 Å². The van der Waals surface area contributed by atoms with Gasteiger partial charge >= 0.3 is 0 Å². The van der Waals surface area contributed by atoms with E-state index in [0.717, 1.165) is 40.2 Å². The minimum atomic E-state index is 0.148. The van der Waals surface area contributed by atoms with Gasteiger partial charge in [-0.1, -0.05) is 12.1 Å². The zero-order chi connectivity index (χ0) is 15.4. The summed E-state index contributed by atoms with van der Waals surface area (Å²) in [4.78, 5) is 7.43. The molecule has 0 unspecified atom stereocenters. The number of H-pyrrole nitrogens is 1. The van der Waals surface area contributed by atoms with Crippen LogP contribution in [0.4, 0.5) is 0 Å². The zero-order valence-corrected chi connectivity index (χ0v) is 12.5. The number of hydrogen-bond acceptors (Lipinski definition) is 4. The first-order chi connectivity index (χ1) is 10.8. The van der Waals surface area contributed by atoms with E-state index in [9.17, 15) is 0 Å². The summed E-state index contributed by atoms with van der Waals surface area (Å²) >= 11 is 0.